The Bertz CT molecular complexity index is 510. The van der Waals surface area contributed by atoms with Crippen LogP contribution in [0.25, 0.3) is 0 Å². The zero-order chi connectivity index (χ0) is 14.2. The average molecular weight is 293 g/mol. The average Bonchev–Trinajstić information content (AvgIpc) is 2.89. The lowest BCUT2D eigenvalue weighted by Gasteiger charge is -2.00. The van der Waals surface area contributed by atoms with E-state index in [0.717, 1.165) is 23.1 Å². The fourth-order valence-electron chi connectivity index (χ4n) is 1.93. The van der Waals surface area contributed by atoms with E-state index in [0.29, 0.717) is 6.42 Å². The zero-order valence-electron chi connectivity index (χ0n) is 11.7. The van der Waals surface area contributed by atoms with Crippen LogP contribution in [0.15, 0.2) is 24.3 Å². The van der Waals surface area contributed by atoms with Crippen molar-refractivity contribution in [3.8, 4) is 0 Å². The van der Waals surface area contributed by atoms with Gasteiger partial charge in [-0.05, 0) is 24.1 Å². The Morgan fingerprint density at radius 1 is 1.15 bits per heavy atom. The van der Waals surface area contributed by atoms with Crippen LogP contribution >= 0.6 is 11.5 Å². The molecule has 1 heterocycles. The van der Waals surface area contributed by atoms with Crippen LogP contribution in [0.5, 0.6) is 0 Å². The van der Waals surface area contributed by atoms with Gasteiger partial charge in [0, 0.05) is 24.5 Å². The molecule has 3 nitrogen and oxygen atoms in total. The van der Waals surface area contributed by atoms with E-state index in [4.69, 9.17) is 0 Å². The number of hydrogen-bond acceptors (Lipinski definition) is 4. The Morgan fingerprint density at radius 3 is 2.70 bits per heavy atom. The summed E-state index contributed by atoms with van der Waals surface area (Å²) in [5, 5.41) is 4.18. The molecule has 1 aromatic carbocycles. The molecule has 0 aliphatic heterocycles. The van der Waals surface area contributed by atoms with E-state index in [-0.39, 0.29) is 5.82 Å². The van der Waals surface area contributed by atoms with E-state index in [1.54, 1.807) is 12.1 Å². The number of nitrogens with zero attached hydrogens (tertiary/aromatic N) is 2. The summed E-state index contributed by atoms with van der Waals surface area (Å²) in [7, 11) is 0. The number of nitrogens with one attached hydrogen (secondary N) is 1. The molecule has 0 bridgehead atoms. The van der Waals surface area contributed by atoms with Crippen molar-refractivity contribution in [3.05, 3.63) is 41.5 Å². The molecule has 0 radical (unpaired) electrons. The highest BCUT2D eigenvalue weighted by molar-refractivity contribution is 7.09. The minimum atomic E-state index is -0.213. The Morgan fingerprint density at radius 2 is 1.95 bits per heavy atom. The topological polar surface area (TPSA) is 37.8 Å². The van der Waals surface area contributed by atoms with E-state index in [2.05, 4.69) is 21.6 Å². The first-order valence-corrected chi connectivity index (χ1v) is 7.86. The maximum Gasteiger partial charge on any atom is 0.202 e. The minimum Gasteiger partial charge on any atom is -0.360 e. The second-order valence-corrected chi connectivity index (χ2v) is 5.56. The Kier molecular flexibility index (Phi) is 5.92. The number of halogens is 1. The Balaban J connectivity index is 1.78. The predicted molar refractivity (Wildman–Crippen MR) is 81.7 cm³/mol. The number of rotatable bonds is 8. The van der Waals surface area contributed by atoms with Crippen molar-refractivity contribution < 1.29 is 4.39 Å². The van der Waals surface area contributed by atoms with Gasteiger partial charge in [-0.25, -0.2) is 9.37 Å². The Labute approximate surface area is 123 Å². The van der Waals surface area contributed by atoms with Gasteiger partial charge < -0.3 is 5.32 Å². The van der Waals surface area contributed by atoms with Crippen LogP contribution in [0, 0.1) is 5.82 Å². The summed E-state index contributed by atoms with van der Waals surface area (Å²) in [6, 6.07) is 6.48. The third kappa shape index (κ3) is 4.89. The molecule has 1 aromatic heterocycles. The van der Waals surface area contributed by atoms with Crippen LogP contribution in [0.1, 0.15) is 44.0 Å². The molecular weight excluding hydrogens is 273 g/mol. The minimum absolute atomic E-state index is 0.213. The third-order valence-electron chi connectivity index (χ3n) is 3.05. The van der Waals surface area contributed by atoms with Crippen molar-refractivity contribution in [2.45, 2.75) is 39.0 Å². The van der Waals surface area contributed by atoms with E-state index in [9.17, 15) is 4.39 Å². The molecule has 0 aliphatic rings. The van der Waals surface area contributed by atoms with Crippen LogP contribution < -0.4 is 5.32 Å². The third-order valence-corrected chi connectivity index (χ3v) is 3.76. The molecule has 0 unspecified atom stereocenters. The number of aromatic nitrogens is 2. The molecule has 0 saturated heterocycles. The van der Waals surface area contributed by atoms with E-state index >= 15 is 0 Å². The number of hydrogen-bond donors (Lipinski definition) is 1. The molecule has 2 aromatic rings. The lowest BCUT2D eigenvalue weighted by Crippen LogP contribution is -2.01. The molecule has 1 N–H and O–H groups in total. The summed E-state index contributed by atoms with van der Waals surface area (Å²) in [5.41, 5.74) is 1.03. The molecule has 0 atom stereocenters. The summed E-state index contributed by atoms with van der Waals surface area (Å²) in [4.78, 5) is 4.45. The van der Waals surface area contributed by atoms with Gasteiger partial charge in [-0.2, -0.15) is 4.37 Å². The summed E-state index contributed by atoms with van der Waals surface area (Å²) in [6.45, 7) is 3.16. The van der Waals surface area contributed by atoms with Crippen molar-refractivity contribution in [1.82, 2.24) is 9.36 Å². The van der Waals surface area contributed by atoms with Gasteiger partial charge in [-0.15, -0.1) is 0 Å². The first-order chi connectivity index (χ1) is 9.78. The van der Waals surface area contributed by atoms with Crippen molar-refractivity contribution in [1.29, 1.82) is 0 Å². The normalized spacial score (nSPS) is 10.7. The second-order valence-electron chi connectivity index (χ2n) is 4.81. The SMILES string of the molecule is CCCCCCNc1nc(Cc2ccc(F)cc2)ns1. The predicted octanol–water partition coefficient (Wildman–Crippen LogP) is 4.26. The van der Waals surface area contributed by atoms with Crippen LogP contribution in [0.2, 0.25) is 0 Å². The van der Waals surface area contributed by atoms with Crippen LogP contribution in [-0.4, -0.2) is 15.9 Å². The summed E-state index contributed by atoms with van der Waals surface area (Å²) < 4.78 is 17.1. The van der Waals surface area contributed by atoms with E-state index in [1.807, 2.05) is 0 Å². The molecule has 0 fully saturated rings. The van der Waals surface area contributed by atoms with Gasteiger partial charge in [0.05, 0.1) is 0 Å². The maximum atomic E-state index is 12.8. The monoisotopic (exact) mass is 293 g/mol. The van der Waals surface area contributed by atoms with Crippen molar-refractivity contribution in [3.63, 3.8) is 0 Å². The largest absolute Gasteiger partial charge is 0.360 e. The van der Waals surface area contributed by atoms with Gasteiger partial charge in [0.1, 0.15) is 11.6 Å². The lowest BCUT2D eigenvalue weighted by atomic mass is 10.1. The van der Waals surface area contributed by atoms with Crippen LogP contribution in [-0.2, 0) is 6.42 Å². The van der Waals surface area contributed by atoms with Gasteiger partial charge in [0.25, 0.3) is 0 Å². The standard InChI is InChI=1S/C15H20FN3S/c1-2-3-4-5-10-17-15-18-14(19-20-15)11-12-6-8-13(16)9-7-12/h6-9H,2-5,10-11H2,1H3,(H,17,18,19). The number of unbranched alkanes of at least 4 members (excludes halogenated alkanes) is 3. The fraction of sp³-hybridized carbons (Fsp3) is 0.467. The van der Waals surface area contributed by atoms with Gasteiger partial charge >= 0.3 is 0 Å². The quantitative estimate of drug-likeness (QED) is 0.739. The van der Waals surface area contributed by atoms with Crippen molar-refractivity contribution in [2.24, 2.45) is 0 Å². The van der Waals surface area contributed by atoms with Gasteiger partial charge in [-0.1, -0.05) is 38.3 Å². The molecule has 0 amide bonds. The highest BCUT2D eigenvalue weighted by Gasteiger charge is 2.04. The van der Waals surface area contributed by atoms with Crippen molar-refractivity contribution >= 4 is 16.7 Å². The zero-order valence-corrected chi connectivity index (χ0v) is 12.5. The van der Waals surface area contributed by atoms with Crippen LogP contribution in [0.4, 0.5) is 9.52 Å². The molecule has 5 heteroatoms. The molecule has 0 aliphatic carbocycles. The summed E-state index contributed by atoms with van der Waals surface area (Å²) >= 11 is 1.39. The molecule has 20 heavy (non-hydrogen) atoms. The van der Waals surface area contributed by atoms with Gasteiger partial charge in [0.2, 0.25) is 5.13 Å². The molecular formula is C15H20FN3S. The lowest BCUT2D eigenvalue weighted by molar-refractivity contribution is 0.627. The molecule has 0 spiro atoms. The molecule has 0 saturated carbocycles. The number of anilines is 1. The number of benzene rings is 1. The Hall–Kier alpha value is -1.49. The van der Waals surface area contributed by atoms with E-state index in [1.165, 1.54) is 49.3 Å². The highest BCUT2D eigenvalue weighted by atomic mass is 32.1. The first kappa shape index (κ1) is 14.9. The second kappa shape index (κ2) is 7.94. The van der Waals surface area contributed by atoms with Crippen molar-refractivity contribution in [2.75, 3.05) is 11.9 Å². The summed E-state index contributed by atoms with van der Waals surface area (Å²) in [5.74, 6) is 0.576. The molecule has 2 rings (SSSR count). The highest BCUT2D eigenvalue weighted by Crippen LogP contribution is 2.14. The summed E-state index contributed by atoms with van der Waals surface area (Å²) in [6.07, 6.45) is 5.61. The smallest absolute Gasteiger partial charge is 0.202 e. The van der Waals surface area contributed by atoms with E-state index < -0.39 is 0 Å². The molecule has 108 valence electrons. The van der Waals surface area contributed by atoms with Crippen LogP contribution in [0.3, 0.4) is 0 Å². The van der Waals surface area contributed by atoms with Gasteiger partial charge in [0.15, 0.2) is 0 Å². The van der Waals surface area contributed by atoms with Gasteiger partial charge in [-0.3, -0.25) is 0 Å². The fourth-order valence-corrected chi connectivity index (χ4v) is 2.54. The maximum absolute atomic E-state index is 12.8. The first-order valence-electron chi connectivity index (χ1n) is 7.09.